The second kappa shape index (κ2) is 8.76. The van der Waals surface area contributed by atoms with Gasteiger partial charge in [-0.25, -0.2) is 0 Å². The first-order chi connectivity index (χ1) is 14.7. The fourth-order valence-electron chi connectivity index (χ4n) is 4.22. The van der Waals surface area contributed by atoms with Gasteiger partial charge in [0.15, 0.2) is 0 Å². The van der Waals surface area contributed by atoms with Crippen LogP contribution in [0.15, 0.2) is 115 Å². The Labute approximate surface area is 187 Å². The first-order valence-electron chi connectivity index (χ1n) is 10.3. The minimum absolute atomic E-state index is 0.630. The number of ether oxygens (including phenoxy) is 1. The van der Waals surface area contributed by atoms with Crippen LogP contribution in [-0.2, 0) is 6.16 Å². The van der Waals surface area contributed by atoms with Gasteiger partial charge in [0.2, 0.25) is 0 Å². The predicted octanol–water partition coefficient (Wildman–Crippen LogP) is 6.43. The molecule has 0 N–H and O–H groups in total. The molecule has 0 bridgehead atoms. The van der Waals surface area contributed by atoms with Crippen molar-refractivity contribution in [1.29, 1.82) is 0 Å². The van der Waals surface area contributed by atoms with Crippen LogP contribution in [0.4, 0.5) is 0 Å². The van der Waals surface area contributed by atoms with E-state index >= 15 is 0 Å². The molecule has 3 heteroatoms. The molecule has 4 aromatic carbocycles. The number of hydrogen-bond donors (Lipinski definition) is 0. The summed E-state index contributed by atoms with van der Waals surface area (Å²) in [5.41, 5.74) is 1.30. The zero-order chi connectivity index (χ0) is 20.9. The van der Waals surface area contributed by atoms with Gasteiger partial charge in [0.1, 0.15) is 0 Å². The molecule has 152 valence electrons. The van der Waals surface area contributed by atoms with Gasteiger partial charge in [0.05, 0.1) is 0 Å². The molecule has 0 atom stereocenters. The molecule has 0 saturated heterocycles. The van der Waals surface area contributed by atoms with Crippen molar-refractivity contribution >= 4 is 36.7 Å². The molecule has 0 heterocycles. The Morgan fingerprint density at radius 2 is 1.10 bits per heavy atom. The molecule has 0 fully saturated rings. The van der Waals surface area contributed by atoms with Crippen molar-refractivity contribution in [3.63, 3.8) is 0 Å². The zero-order valence-electron chi connectivity index (χ0n) is 17.1. The van der Waals surface area contributed by atoms with Crippen LogP contribution in [0, 0.1) is 0 Å². The van der Waals surface area contributed by atoms with Crippen molar-refractivity contribution in [2.24, 2.45) is 0 Å². The van der Waals surface area contributed by atoms with E-state index in [1.54, 1.807) is 0 Å². The summed E-state index contributed by atoms with van der Waals surface area (Å²) in [6, 6.07) is 41.0. The van der Waals surface area contributed by atoms with Crippen molar-refractivity contribution in [3.8, 4) is 5.75 Å². The molecule has 0 aliphatic carbocycles. The van der Waals surface area contributed by atoms with Gasteiger partial charge in [0.25, 0.3) is 0 Å². The third-order valence-electron chi connectivity index (χ3n) is 5.58. The topological polar surface area (TPSA) is 9.23 Å². The van der Waals surface area contributed by atoms with Crippen molar-refractivity contribution in [1.82, 2.24) is 0 Å². The van der Waals surface area contributed by atoms with E-state index in [2.05, 4.69) is 131 Å². The fourth-order valence-corrected chi connectivity index (χ4v) is 12.3. The molecule has 0 saturated carbocycles. The first kappa shape index (κ1) is 20.8. The second-order valence-corrected chi connectivity index (χ2v) is 16.3. The van der Waals surface area contributed by atoms with Crippen LogP contribution in [0.3, 0.4) is 0 Å². The van der Waals surface area contributed by atoms with Gasteiger partial charge in [0, 0.05) is 0 Å². The van der Waals surface area contributed by atoms with Crippen LogP contribution in [-0.4, -0.2) is 6.61 Å². The molecule has 4 aromatic rings. The van der Waals surface area contributed by atoms with Gasteiger partial charge >= 0.3 is 188 Å². The SMILES string of the molecule is CCOc1ccccc1P(Br)(Cc1ccccc1)(c1ccccc1)c1ccccc1. The summed E-state index contributed by atoms with van der Waals surface area (Å²) in [4.78, 5) is 0. The first-order valence-corrected chi connectivity index (χ1v) is 14.7. The number of halogens is 1. The van der Waals surface area contributed by atoms with E-state index in [9.17, 15) is 0 Å². The molecule has 0 spiro atoms. The average molecular weight is 477 g/mol. The predicted molar refractivity (Wildman–Crippen MR) is 135 cm³/mol. The summed E-state index contributed by atoms with van der Waals surface area (Å²) in [7, 11) is 0. The zero-order valence-corrected chi connectivity index (χ0v) is 19.6. The number of rotatable bonds is 7. The van der Waals surface area contributed by atoms with Gasteiger partial charge in [-0.1, -0.05) is 0 Å². The molecule has 0 aromatic heterocycles. The van der Waals surface area contributed by atoms with Crippen molar-refractivity contribution in [2.75, 3.05) is 6.61 Å². The van der Waals surface area contributed by atoms with Crippen LogP contribution in [0.1, 0.15) is 12.5 Å². The van der Waals surface area contributed by atoms with E-state index in [0.717, 1.165) is 11.9 Å². The Bertz CT molecular complexity index is 1060. The standard InChI is InChI=1S/C27H26BrOP/c1-2-29-26-20-12-13-21-27(26)30(28,24-16-8-4-9-17-24,25-18-10-5-11-19-25)22-23-14-6-3-7-15-23/h3-21H,2,22H2,1H3. The Hall–Kier alpha value is -2.41. The summed E-state index contributed by atoms with van der Waals surface area (Å²) in [5, 5.41) is 0.743. The van der Waals surface area contributed by atoms with E-state index in [0.29, 0.717) is 6.61 Å². The number of benzene rings is 4. The molecule has 4 rings (SSSR count). The third kappa shape index (κ3) is 3.60. The van der Waals surface area contributed by atoms with Gasteiger partial charge in [-0.15, -0.1) is 0 Å². The van der Waals surface area contributed by atoms with E-state index < -0.39 is 5.31 Å². The minimum atomic E-state index is -3.08. The van der Waals surface area contributed by atoms with Crippen molar-refractivity contribution < 1.29 is 4.74 Å². The molecule has 1 nitrogen and oxygen atoms in total. The monoisotopic (exact) mass is 476 g/mol. The van der Waals surface area contributed by atoms with Crippen LogP contribution in [0.25, 0.3) is 0 Å². The van der Waals surface area contributed by atoms with Crippen LogP contribution >= 0.6 is 20.8 Å². The van der Waals surface area contributed by atoms with Crippen LogP contribution in [0.2, 0.25) is 0 Å². The van der Waals surface area contributed by atoms with E-state index in [-0.39, 0.29) is 0 Å². The summed E-state index contributed by atoms with van der Waals surface area (Å²) >= 11 is 4.53. The van der Waals surface area contributed by atoms with E-state index in [1.165, 1.54) is 21.5 Å². The van der Waals surface area contributed by atoms with Crippen LogP contribution in [0.5, 0.6) is 5.75 Å². The molecular weight excluding hydrogens is 451 g/mol. The van der Waals surface area contributed by atoms with Gasteiger partial charge in [-0.3, -0.25) is 0 Å². The third-order valence-corrected chi connectivity index (χ3v) is 15.0. The van der Waals surface area contributed by atoms with Crippen molar-refractivity contribution in [2.45, 2.75) is 13.1 Å². The Balaban J connectivity index is 2.13. The van der Waals surface area contributed by atoms with E-state index in [4.69, 9.17) is 4.74 Å². The second-order valence-electron chi connectivity index (χ2n) is 7.40. The average Bonchev–Trinajstić information content (AvgIpc) is 2.81. The summed E-state index contributed by atoms with van der Waals surface area (Å²) in [6.07, 6.45) is 0.866. The maximum atomic E-state index is 6.19. The maximum absolute atomic E-state index is 6.19. The molecule has 0 aliphatic heterocycles. The van der Waals surface area contributed by atoms with Gasteiger partial charge in [-0.05, 0) is 0 Å². The van der Waals surface area contributed by atoms with Crippen molar-refractivity contribution in [3.05, 3.63) is 121 Å². The molecular formula is C27H26BrOP. The molecule has 30 heavy (non-hydrogen) atoms. The van der Waals surface area contributed by atoms with E-state index in [1.807, 2.05) is 6.92 Å². The summed E-state index contributed by atoms with van der Waals surface area (Å²) in [6.45, 7) is 2.67. The van der Waals surface area contributed by atoms with Gasteiger partial charge in [-0.2, -0.15) is 0 Å². The quantitative estimate of drug-likeness (QED) is 0.279. The Morgan fingerprint density at radius 3 is 1.63 bits per heavy atom. The normalized spacial score (nSPS) is 12.7. The molecule has 0 amide bonds. The molecule has 0 radical (unpaired) electrons. The number of hydrogen-bond acceptors (Lipinski definition) is 1. The Morgan fingerprint density at radius 1 is 0.633 bits per heavy atom. The van der Waals surface area contributed by atoms with Gasteiger partial charge < -0.3 is 0 Å². The summed E-state index contributed by atoms with van der Waals surface area (Å²) in [5.74, 6) is 0.943. The van der Waals surface area contributed by atoms with Crippen LogP contribution < -0.4 is 20.7 Å². The summed E-state index contributed by atoms with van der Waals surface area (Å²) < 4.78 is 6.19. The Kier molecular flexibility index (Phi) is 6.09. The fraction of sp³-hybridized carbons (Fsp3) is 0.111. The molecule has 0 aliphatic rings. The number of para-hydroxylation sites is 1. The molecule has 0 unspecified atom stereocenters.